The van der Waals surface area contributed by atoms with E-state index in [0.717, 1.165) is 31.6 Å². The fourth-order valence-corrected chi connectivity index (χ4v) is 2.88. The van der Waals surface area contributed by atoms with Crippen molar-refractivity contribution in [2.75, 3.05) is 20.1 Å². The van der Waals surface area contributed by atoms with Gasteiger partial charge in [-0.1, -0.05) is 22.9 Å². The minimum absolute atomic E-state index is 0.0314. The van der Waals surface area contributed by atoms with Crippen LogP contribution >= 0.6 is 0 Å². The molecule has 6 heteroatoms. The summed E-state index contributed by atoms with van der Waals surface area (Å²) in [5, 5.41) is 11.3. The lowest BCUT2D eigenvalue weighted by atomic mass is 10.2. The molecule has 1 aliphatic heterocycles. The Labute approximate surface area is 130 Å². The number of benzene rings is 1. The molecule has 1 amide bonds. The molecule has 22 heavy (non-hydrogen) atoms. The molecule has 1 N–H and O–H groups in total. The quantitative estimate of drug-likeness (QED) is 0.927. The van der Waals surface area contributed by atoms with Gasteiger partial charge in [-0.25, -0.2) is 4.68 Å². The molecule has 1 fully saturated rings. The normalized spacial score (nSPS) is 17.9. The summed E-state index contributed by atoms with van der Waals surface area (Å²) in [6.45, 7) is 3.65. The number of carbonyl (C=O) groups is 1. The predicted molar refractivity (Wildman–Crippen MR) is 84.1 cm³/mol. The Morgan fingerprint density at radius 3 is 2.86 bits per heavy atom. The molecule has 0 bridgehead atoms. The Morgan fingerprint density at radius 2 is 2.14 bits per heavy atom. The maximum absolute atomic E-state index is 12.6. The van der Waals surface area contributed by atoms with Gasteiger partial charge >= 0.3 is 0 Å². The van der Waals surface area contributed by atoms with Crippen LogP contribution < -0.4 is 5.32 Å². The molecule has 0 unspecified atom stereocenters. The summed E-state index contributed by atoms with van der Waals surface area (Å²) in [6.07, 6.45) is 3.80. The van der Waals surface area contributed by atoms with E-state index in [2.05, 4.69) is 15.6 Å². The number of rotatable bonds is 4. The molecular formula is C16H21N5O. The monoisotopic (exact) mass is 299 g/mol. The summed E-state index contributed by atoms with van der Waals surface area (Å²) in [5.41, 5.74) is 2.50. The second-order valence-corrected chi connectivity index (χ2v) is 5.74. The van der Waals surface area contributed by atoms with Gasteiger partial charge in [0.1, 0.15) is 0 Å². The summed E-state index contributed by atoms with van der Waals surface area (Å²) < 4.78 is 1.65. The minimum atomic E-state index is -0.0314. The van der Waals surface area contributed by atoms with Crippen LogP contribution in [0.1, 0.15) is 28.9 Å². The van der Waals surface area contributed by atoms with Crippen LogP contribution in [0.4, 0.5) is 0 Å². The molecule has 0 aliphatic carbocycles. The predicted octanol–water partition coefficient (Wildman–Crippen LogP) is 1.40. The first-order chi connectivity index (χ1) is 10.7. The van der Waals surface area contributed by atoms with Crippen molar-refractivity contribution in [3.8, 4) is 5.69 Å². The first kappa shape index (κ1) is 14.7. The number of aryl methyl sites for hydroxylation is 1. The molecule has 2 aromatic rings. The zero-order valence-corrected chi connectivity index (χ0v) is 13.0. The van der Waals surface area contributed by atoms with Gasteiger partial charge < -0.3 is 10.2 Å². The highest BCUT2D eigenvalue weighted by molar-refractivity contribution is 5.92. The van der Waals surface area contributed by atoms with E-state index in [1.54, 1.807) is 10.9 Å². The molecule has 116 valence electrons. The van der Waals surface area contributed by atoms with Crippen LogP contribution in [0.25, 0.3) is 5.69 Å². The average molecular weight is 299 g/mol. The first-order valence-corrected chi connectivity index (χ1v) is 7.64. The van der Waals surface area contributed by atoms with E-state index in [1.165, 1.54) is 5.56 Å². The van der Waals surface area contributed by atoms with Gasteiger partial charge in [-0.2, -0.15) is 0 Å². The van der Waals surface area contributed by atoms with E-state index in [-0.39, 0.29) is 11.9 Å². The Morgan fingerprint density at radius 1 is 1.36 bits per heavy atom. The van der Waals surface area contributed by atoms with E-state index < -0.39 is 0 Å². The molecule has 0 radical (unpaired) electrons. The average Bonchev–Trinajstić information content (AvgIpc) is 3.17. The van der Waals surface area contributed by atoms with Gasteiger partial charge in [-0.3, -0.25) is 4.79 Å². The van der Waals surface area contributed by atoms with Crippen LogP contribution in [0.15, 0.2) is 30.5 Å². The van der Waals surface area contributed by atoms with Crippen LogP contribution in [0, 0.1) is 6.92 Å². The molecular weight excluding hydrogens is 278 g/mol. The second kappa shape index (κ2) is 6.27. The molecule has 0 spiro atoms. The number of nitrogens with one attached hydrogen (secondary N) is 1. The fraction of sp³-hybridized carbons (Fsp3) is 0.438. The maximum Gasteiger partial charge on any atom is 0.276 e. The third kappa shape index (κ3) is 2.87. The number of aromatic nitrogens is 3. The molecule has 1 aliphatic rings. The molecule has 1 aromatic heterocycles. The summed E-state index contributed by atoms with van der Waals surface area (Å²) in [4.78, 5) is 14.5. The molecule has 1 atom stereocenters. The topological polar surface area (TPSA) is 63.1 Å². The molecule has 6 nitrogen and oxygen atoms in total. The van der Waals surface area contributed by atoms with E-state index >= 15 is 0 Å². The minimum Gasteiger partial charge on any atom is -0.333 e. The van der Waals surface area contributed by atoms with Gasteiger partial charge in [0.25, 0.3) is 5.91 Å². The second-order valence-electron chi connectivity index (χ2n) is 5.74. The lowest BCUT2D eigenvalue weighted by molar-refractivity contribution is 0.0731. The number of hydrogen-bond acceptors (Lipinski definition) is 4. The molecule has 2 heterocycles. The number of hydrogen-bond donors (Lipinski definition) is 1. The lowest BCUT2D eigenvalue weighted by Gasteiger charge is -2.23. The summed E-state index contributed by atoms with van der Waals surface area (Å²) in [7, 11) is 1.91. The Kier molecular flexibility index (Phi) is 4.20. The Bertz CT molecular complexity index is 649. The number of likely N-dealkylation sites (tertiary alicyclic amines) is 1. The zero-order chi connectivity index (χ0) is 15.5. The van der Waals surface area contributed by atoms with Crippen molar-refractivity contribution in [2.45, 2.75) is 25.8 Å². The highest BCUT2D eigenvalue weighted by Gasteiger charge is 2.30. The molecule has 1 aromatic carbocycles. The largest absolute Gasteiger partial charge is 0.333 e. The van der Waals surface area contributed by atoms with E-state index in [4.69, 9.17) is 0 Å². The van der Waals surface area contributed by atoms with Gasteiger partial charge in [-0.05, 0) is 38.9 Å². The highest BCUT2D eigenvalue weighted by atomic mass is 16.2. The van der Waals surface area contributed by atoms with Gasteiger partial charge in [0.15, 0.2) is 5.69 Å². The zero-order valence-electron chi connectivity index (χ0n) is 13.0. The summed E-state index contributed by atoms with van der Waals surface area (Å²) in [5.74, 6) is -0.0314. The van der Waals surface area contributed by atoms with E-state index in [1.807, 2.05) is 43.1 Å². The third-order valence-corrected chi connectivity index (χ3v) is 4.09. The van der Waals surface area contributed by atoms with Crippen molar-refractivity contribution < 1.29 is 4.79 Å². The smallest absolute Gasteiger partial charge is 0.276 e. The van der Waals surface area contributed by atoms with Crippen LogP contribution in [0.2, 0.25) is 0 Å². The van der Waals surface area contributed by atoms with Gasteiger partial charge in [0.05, 0.1) is 11.9 Å². The van der Waals surface area contributed by atoms with Gasteiger partial charge in [-0.15, -0.1) is 5.10 Å². The Balaban J connectivity index is 1.78. The van der Waals surface area contributed by atoms with Crippen molar-refractivity contribution in [2.24, 2.45) is 0 Å². The fourth-order valence-electron chi connectivity index (χ4n) is 2.88. The molecule has 3 rings (SSSR count). The van der Waals surface area contributed by atoms with Crippen molar-refractivity contribution in [3.63, 3.8) is 0 Å². The van der Waals surface area contributed by atoms with E-state index in [0.29, 0.717) is 5.69 Å². The van der Waals surface area contributed by atoms with Crippen LogP contribution in [-0.4, -0.2) is 52.0 Å². The standard InChI is InChI=1S/C16H21N5O/c1-12-5-7-13(8-6-12)21-11-15(18-19-21)16(22)20-9-3-4-14(20)10-17-2/h5-8,11,14,17H,3-4,9-10H2,1-2H3/t14-/m1/s1. The lowest BCUT2D eigenvalue weighted by Crippen LogP contribution is -2.41. The number of nitrogens with zero attached hydrogens (tertiary/aromatic N) is 4. The first-order valence-electron chi connectivity index (χ1n) is 7.64. The van der Waals surface area contributed by atoms with Crippen LogP contribution in [-0.2, 0) is 0 Å². The number of likely N-dealkylation sites (N-methyl/N-ethyl adjacent to an activating group) is 1. The number of carbonyl (C=O) groups excluding carboxylic acids is 1. The van der Waals surface area contributed by atoms with Crippen LogP contribution in [0.5, 0.6) is 0 Å². The Hall–Kier alpha value is -2.21. The van der Waals surface area contributed by atoms with Gasteiger partial charge in [0, 0.05) is 19.1 Å². The molecule has 1 saturated heterocycles. The summed E-state index contributed by atoms with van der Waals surface area (Å²) >= 11 is 0. The van der Waals surface area contributed by atoms with Crippen molar-refractivity contribution in [1.29, 1.82) is 0 Å². The van der Waals surface area contributed by atoms with Crippen molar-refractivity contribution in [1.82, 2.24) is 25.2 Å². The van der Waals surface area contributed by atoms with Crippen LogP contribution in [0.3, 0.4) is 0 Å². The molecule has 0 saturated carbocycles. The SMILES string of the molecule is CNC[C@H]1CCCN1C(=O)c1cn(-c2ccc(C)cc2)nn1. The maximum atomic E-state index is 12.6. The highest BCUT2D eigenvalue weighted by Crippen LogP contribution is 2.19. The number of amides is 1. The third-order valence-electron chi connectivity index (χ3n) is 4.09. The summed E-state index contributed by atoms with van der Waals surface area (Å²) in [6, 6.07) is 8.22. The van der Waals surface area contributed by atoms with Crippen molar-refractivity contribution >= 4 is 5.91 Å². The van der Waals surface area contributed by atoms with Gasteiger partial charge in [0.2, 0.25) is 0 Å². The van der Waals surface area contributed by atoms with Crippen molar-refractivity contribution in [3.05, 3.63) is 41.7 Å². The van der Waals surface area contributed by atoms with E-state index in [9.17, 15) is 4.79 Å².